The number of hydrogen-bond acceptors (Lipinski definition) is 3. The van der Waals surface area contributed by atoms with Gasteiger partial charge < -0.3 is 9.47 Å². The van der Waals surface area contributed by atoms with Crippen molar-refractivity contribution >= 4 is 44.5 Å². The van der Waals surface area contributed by atoms with Gasteiger partial charge >= 0.3 is 5.97 Å². The van der Waals surface area contributed by atoms with Gasteiger partial charge in [0.15, 0.2) is 0 Å². The normalized spacial score (nSPS) is 10.4. The molecule has 0 aliphatic rings. The Morgan fingerprint density at radius 2 is 1.69 bits per heavy atom. The van der Waals surface area contributed by atoms with E-state index in [-0.39, 0.29) is 0 Å². The van der Waals surface area contributed by atoms with Crippen LogP contribution >= 0.6 is 38.5 Å². The van der Waals surface area contributed by atoms with Gasteiger partial charge in [0.1, 0.15) is 17.1 Å². The van der Waals surface area contributed by atoms with Gasteiger partial charge in [0.25, 0.3) is 0 Å². The van der Waals surface area contributed by atoms with Gasteiger partial charge in [-0.25, -0.2) is 4.79 Å². The second-order valence-corrected chi connectivity index (χ2v) is 7.73. The molecule has 132 valence electrons. The van der Waals surface area contributed by atoms with Crippen LogP contribution in [0.3, 0.4) is 0 Å². The fraction of sp³-hybridized carbons (Fsp3) is 0.0952. The maximum Gasteiger partial charge on any atom is 0.347 e. The zero-order valence-corrected chi connectivity index (χ0v) is 17.6. The van der Waals surface area contributed by atoms with E-state index in [1.807, 2.05) is 36.4 Å². The molecule has 0 N–H and O–H groups in total. The van der Waals surface area contributed by atoms with E-state index >= 15 is 0 Å². The molecule has 0 heterocycles. The Morgan fingerprint density at radius 1 is 0.962 bits per heavy atom. The maximum absolute atomic E-state index is 12.6. The fourth-order valence-electron chi connectivity index (χ4n) is 2.38. The minimum absolute atomic E-state index is 0.394. The lowest BCUT2D eigenvalue weighted by molar-refractivity contribution is 0.0730. The summed E-state index contributed by atoms with van der Waals surface area (Å²) in [4.78, 5) is 12.6. The van der Waals surface area contributed by atoms with Gasteiger partial charge in [-0.2, -0.15) is 0 Å². The third-order valence-corrected chi connectivity index (χ3v) is 4.89. The molecule has 0 aliphatic carbocycles. The maximum atomic E-state index is 12.6. The minimum Gasteiger partial charge on any atom is -0.492 e. The smallest absolute Gasteiger partial charge is 0.347 e. The van der Waals surface area contributed by atoms with Crippen LogP contribution in [0, 0.1) is 3.57 Å². The topological polar surface area (TPSA) is 35.5 Å². The summed E-state index contributed by atoms with van der Waals surface area (Å²) in [7, 11) is 0. The molecular weight excluding hydrogens is 507 g/mol. The van der Waals surface area contributed by atoms with E-state index in [0.29, 0.717) is 23.7 Å². The lowest BCUT2D eigenvalue weighted by Crippen LogP contribution is -2.12. The SMILES string of the molecule is O=C(Oc1ccc(I)cc1)c1cc(Br)ccc1OCCc1ccccc1. The summed E-state index contributed by atoms with van der Waals surface area (Å²) in [5.74, 6) is 0.576. The van der Waals surface area contributed by atoms with Crippen LogP contribution in [-0.2, 0) is 6.42 Å². The summed E-state index contributed by atoms with van der Waals surface area (Å²) >= 11 is 5.60. The van der Waals surface area contributed by atoms with E-state index in [1.54, 1.807) is 24.3 Å². The second-order valence-electron chi connectivity index (χ2n) is 5.57. The van der Waals surface area contributed by atoms with Gasteiger partial charge in [-0.05, 0) is 70.6 Å². The Hall–Kier alpha value is -1.86. The molecule has 3 nitrogen and oxygen atoms in total. The van der Waals surface area contributed by atoms with Crippen LogP contribution in [0.1, 0.15) is 15.9 Å². The highest BCUT2D eigenvalue weighted by atomic mass is 127. The molecule has 3 rings (SSSR count). The second kappa shape index (κ2) is 9.19. The predicted octanol–water partition coefficient (Wildman–Crippen LogP) is 5.89. The Labute approximate surface area is 174 Å². The zero-order chi connectivity index (χ0) is 18.4. The van der Waals surface area contributed by atoms with E-state index < -0.39 is 5.97 Å². The first kappa shape index (κ1) is 18.9. The van der Waals surface area contributed by atoms with Crippen LogP contribution in [0.2, 0.25) is 0 Å². The van der Waals surface area contributed by atoms with Crippen LogP contribution in [0.5, 0.6) is 11.5 Å². The van der Waals surface area contributed by atoms with Crippen molar-refractivity contribution in [3.05, 3.63) is 92.0 Å². The highest BCUT2D eigenvalue weighted by Gasteiger charge is 2.16. The molecule has 0 aromatic heterocycles. The summed E-state index contributed by atoms with van der Waals surface area (Å²) in [5, 5.41) is 0. The van der Waals surface area contributed by atoms with Crippen LogP contribution < -0.4 is 9.47 Å². The van der Waals surface area contributed by atoms with Crippen molar-refractivity contribution in [3.8, 4) is 11.5 Å². The first-order valence-corrected chi connectivity index (χ1v) is 9.93. The Morgan fingerprint density at radius 3 is 2.42 bits per heavy atom. The van der Waals surface area contributed by atoms with Crippen LogP contribution in [-0.4, -0.2) is 12.6 Å². The molecule has 5 heteroatoms. The number of halogens is 2. The molecule has 0 aliphatic heterocycles. The van der Waals surface area contributed by atoms with E-state index in [9.17, 15) is 4.79 Å². The monoisotopic (exact) mass is 522 g/mol. The summed E-state index contributed by atoms with van der Waals surface area (Å²) in [6, 6.07) is 22.7. The number of esters is 1. The van der Waals surface area contributed by atoms with E-state index in [1.165, 1.54) is 5.56 Å². The largest absolute Gasteiger partial charge is 0.492 e. The van der Waals surface area contributed by atoms with Crippen molar-refractivity contribution in [1.29, 1.82) is 0 Å². The van der Waals surface area contributed by atoms with Crippen molar-refractivity contribution in [2.75, 3.05) is 6.61 Å². The molecule has 3 aromatic carbocycles. The molecular formula is C21H16BrIO3. The number of carbonyl (C=O) groups excluding carboxylic acids is 1. The molecule has 26 heavy (non-hydrogen) atoms. The number of carbonyl (C=O) groups is 1. The van der Waals surface area contributed by atoms with Crippen molar-refractivity contribution in [2.24, 2.45) is 0 Å². The van der Waals surface area contributed by atoms with E-state index in [0.717, 1.165) is 14.5 Å². The summed E-state index contributed by atoms with van der Waals surface area (Å²) in [5.41, 5.74) is 1.58. The van der Waals surface area contributed by atoms with E-state index in [2.05, 4.69) is 50.7 Å². The van der Waals surface area contributed by atoms with Crippen LogP contribution in [0.15, 0.2) is 77.3 Å². The van der Waals surface area contributed by atoms with Crippen LogP contribution in [0.4, 0.5) is 0 Å². The molecule has 0 fully saturated rings. The standard InChI is InChI=1S/C21H16BrIO3/c22-16-6-11-20(25-13-12-15-4-2-1-3-5-15)19(14-16)21(24)26-18-9-7-17(23)8-10-18/h1-11,14H,12-13H2. The van der Waals surface area contributed by atoms with Gasteiger partial charge in [-0.3, -0.25) is 0 Å². The molecule has 0 saturated heterocycles. The zero-order valence-electron chi connectivity index (χ0n) is 13.8. The van der Waals surface area contributed by atoms with E-state index in [4.69, 9.17) is 9.47 Å². The van der Waals surface area contributed by atoms with Gasteiger partial charge in [0, 0.05) is 14.5 Å². The Balaban J connectivity index is 1.70. The van der Waals surface area contributed by atoms with Crippen LogP contribution in [0.25, 0.3) is 0 Å². The molecule has 0 saturated carbocycles. The molecule has 0 unspecified atom stereocenters. The first-order chi connectivity index (χ1) is 12.6. The molecule has 0 spiro atoms. The molecule has 0 amide bonds. The summed E-state index contributed by atoms with van der Waals surface area (Å²) in [6.07, 6.45) is 0.766. The Bertz CT molecular complexity index is 880. The molecule has 0 bridgehead atoms. The molecule has 0 atom stereocenters. The van der Waals surface area contributed by atoms with Gasteiger partial charge in [0.05, 0.1) is 6.61 Å². The third kappa shape index (κ3) is 5.32. The minimum atomic E-state index is -0.442. The number of rotatable bonds is 6. The lowest BCUT2D eigenvalue weighted by Gasteiger charge is -2.12. The average Bonchev–Trinajstić information content (AvgIpc) is 2.65. The van der Waals surface area contributed by atoms with Crippen molar-refractivity contribution in [1.82, 2.24) is 0 Å². The highest BCUT2D eigenvalue weighted by molar-refractivity contribution is 14.1. The summed E-state index contributed by atoms with van der Waals surface area (Å²) < 4.78 is 13.2. The predicted molar refractivity (Wildman–Crippen MR) is 114 cm³/mol. The van der Waals surface area contributed by atoms with Gasteiger partial charge in [-0.15, -0.1) is 0 Å². The van der Waals surface area contributed by atoms with Gasteiger partial charge in [-0.1, -0.05) is 46.3 Å². The molecule has 3 aromatic rings. The first-order valence-electron chi connectivity index (χ1n) is 8.06. The average molecular weight is 523 g/mol. The van der Waals surface area contributed by atoms with Crippen molar-refractivity contribution in [3.63, 3.8) is 0 Å². The van der Waals surface area contributed by atoms with Crippen molar-refractivity contribution in [2.45, 2.75) is 6.42 Å². The lowest BCUT2D eigenvalue weighted by atomic mass is 10.1. The quantitative estimate of drug-likeness (QED) is 0.230. The van der Waals surface area contributed by atoms with Gasteiger partial charge in [0.2, 0.25) is 0 Å². The molecule has 0 radical (unpaired) electrons. The number of benzene rings is 3. The van der Waals surface area contributed by atoms with Crippen molar-refractivity contribution < 1.29 is 14.3 Å². The highest BCUT2D eigenvalue weighted by Crippen LogP contribution is 2.25. The number of ether oxygens (including phenoxy) is 2. The third-order valence-electron chi connectivity index (χ3n) is 3.68. The summed E-state index contributed by atoms with van der Waals surface area (Å²) in [6.45, 7) is 0.482. The Kier molecular flexibility index (Phi) is 6.68. The fourth-order valence-corrected chi connectivity index (χ4v) is 3.10. The number of hydrogen-bond donors (Lipinski definition) is 0.